The molecule has 2 N–H and O–H groups in total. The van der Waals surface area contributed by atoms with Crippen LogP contribution in [0.25, 0.3) is 0 Å². The van der Waals surface area contributed by atoms with Crippen molar-refractivity contribution in [3.8, 4) is 0 Å². The predicted octanol–water partition coefficient (Wildman–Crippen LogP) is 1.40. The first-order valence-electron chi connectivity index (χ1n) is 4.18. The van der Waals surface area contributed by atoms with Crippen LogP contribution in [-0.4, -0.2) is 26.6 Å². The Morgan fingerprint density at radius 3 is 2.79 bits per heavy atom. The van der Waals surface area contributed by atoms with E-state index in [2.05, 4.69) is 20.9 Å². The minimum Gasteiger partial charge on any atom is -0.390 e. The molecule has 2 unspecified atom stereocenters. The van der Waals surface area contributed by atoms with Crippen molar-refractivity contribution < 1.29 is 14.6 Å². The maximum Gasteiger partial charge on any atom is 0.126 e. The van der Waals surface area contributed by atoms with E-state index in [1.54, 1.807) is 0 Å². The molecule has 1 rings (SSSR count). The Balaban J connectivity index is 2.73. The molecule has 14 heavy (non-hydrogen) atoms. The first-order valence-corrected chi connectivity index (χ1v) is 5.31. The zero-order valence-corrected chi connectivity index (χ0v) is 8.98. The minimum atomic E-state index is -1.14. The van der Waals surface area contributed by atoms with Gasteiger partial charge in [-0.2, -0.15) is 0 Å². The first kappa shape index (κ1) is 11.6. The molecular formula is C9H11BrFNO2. The van der Waals surface area contributed by atoms with E-state index >= 15 is 0 Å². The summed E-state index contributed by atoms with van der Waals surface area (Å²) in [7, 11) is 0. The molecule has 0 saturated heterocycles. The van der Waals surface area contributed by atoms with Gasteiger partial charge in [-0.05, 0) is 18.6 Å². The summed E-state index contributed by atoms with van der Waals surface area (Å²) >= 11 is 3.14. The summed E-state index contributed by atoms with van der Waals surface area (Å²) in [6.07, 6.45) is -0.416. The summed E-state index contributed by atoms with van der Waals surface area (Å²) in [6, 6.07) is 2.30. The van der Waals surface area contributed by atoms with Crippen molar-refractivity contribution in [2.45, 2.75) is 18.6 Å². The standard InChI is InChI=1S/C9H11BrFNO2/c10-3-1-8(13)9(14)7-5-6(11)2-4-12-7/h2,4-5,8-9,13-14H,1,3H2. The number of nitrogens with zero attached hydrogens (tertiary/aromatic N) is 1. The van der Waals surface area contributed by atoms with Gasteiger partial charge in [0.25, 0.3) is 0 Å². The molecule has 0 radical (unpaired) electrons. The Labute approximate surface area is 89.7 Å². The van der Waals surface area contributed by atoms with Crippen LogP contribution in [0.4, 0.5) is 4.39 Å². The predicted molar refractivity (Wildman–Crippen MR) is 53.6 cm³/mol. The number of rotatable bonds is 4. The van der Waals surface area contributed by atoms with Crippen molar-refractivity contribution in [1.82, 2.24) is 4.98 Å². The van der Waals surface area contributed by atoms with E-state index in [4.69, 9.17) is 0 Å². The Morgan fingerprint density at radius 2 is 2.21 bits per heavy atom. The number of hydrogen-bond donors (Lipinski definition) is 2. The molecule has 0 aliphatic rings. The lowest BCUT2D eigenvalue weighted by molar-refractivity contribution is 0.0146. The molecule has 1 aromatic heterocycles. The van der Waals surface area contributed by atoms with Crippen LogP contribution in [0.2, 0.25) is 0 Å². The molecule has 2 atom stereocenters. The maximum absolute atomic E-state index is 12.7. The van der Waals surface area contributed by atoms with Crippen molar-refractivity contribution in [1.29, 1.82) is 0 Å². The molecule has 1 heterocycles. The van der Waals surface area contributed by atoms with Gasteiger partial charge in [0.1, 0.15) is 11.9 Å². The normalized spacial score (nSPS) is 15.1. The monoisotopic (exact) mass is 263 g/mol. The highest BCUT2D eigenvalue weighted by Gasteiger charge is 2.19. The summed E-state index contributed by atoms with van der Waals surface area (Å²) in [5, 5.41) is 19.5. The van der Waals surface area contributed by atoms with Crippen molar-refractivity contribution in [3.63, 3.8) is 0 Å². The first-order chi connectivity index (χ1) is 6.65. The number of pyridine rings is 1. The quantitative estimate of drug-likeness (QED) is 0.808. The van der Waals surface area contributed by atoms with Crippen LogP contribution in [0.15, 0.2) is 18.3 Å². The van der Waals surface area contributed by atoms with E-state index < -0.39 is 18.0 Å². The summed E-state index contributed by atoms with van der Waals surface area (Å²) in [6.45, 7) is 0. The summed E-state index contributed by atoms with van der Waals surface area (Å²) in [5.41, 5.74) is 0.151. The molecule has 0 bridgehead atoms. The number of hydrogen-bond acceptors (Lipinski definition) is 3. The lowest BCUT2D eigenvalue weighted by Gasteiger charge is -2.15. The Bertz CT molecular complexity index is 298. The topological polar surface area (TPSA) is 53.4 Å². The van der Waals surface area contributed by atoms with Crippen LogP contribution in [0.3, 0.4) is 0 Å². The van der Waals surface area contributed by atoms with Crippen LogP contribution in [-0.2, 0) is 0 Å². The Hall–Kier alpha value is -0.520. The third-order valence-electron chi connectivity index (χ3n) is 1.82. The van der Waals surface area contributed by atoms with Crippen LogP contribution in [0.1, 0.15) is 18.2 Å². The molecule has 0 spiro atoms. The Morgan fingerprint density at radius 1 is 1.50 bits per heavy atom. The highest BCUT2D eigenvalue weighted by atomic mass is 79.9. The second-order valence-corrected chi connectivity index (χ2v) is 3.68. The van der Waals surface area contributed by atoms with Gasteiger partial charge >= 0.3 is 0 Å². The lowest BCUT2D eigenvalue weighted by atomic mass is 10.1. The molecule has 0 aliphatic carbocycles. The van der Waals surface area contributed by atoms with Crippen molar-refractivity contribution in [3.05, 3.63) is 29.8 Å². The fourth-order valence-corrected chi connectivity index (χ4v) is 1.52. The molecule has 1 aromatic rings. The molecule has 0 aromatic carbocycles. The summed E-state index contributed by atoms with van der Waals surface area (Å²) in [4.78, 5) is 3.78. The van der Waals surface area contributed by atoms with Gasteiger partial charge in [0.05, 0.1) is 11.8 Å². The van der Waals surface area contributed by atoms with E-state index in [1.807, 2.05) is 0 Å². The average molecular weight is 264 g/mol. The highest BCUT2D eigenvalue weighted by molar-refractivity contribution is 9.09. The molecule has 3 nitrogen and oxygen atoms in total. The van der Waals surface area contributed by atoms with Gasteiger partial charge in [0.2, 0.25) is 0 Å². The van der Waals surface area contributed by atoms with Crippen molar-refractivity contribution in [2.24, 2.45) is 0 Å². The molecule has 5 heteroatoms. The van der Waals surface area contributed by atoms with Gasteiger partial charge < -0.3 is 10.2 Å². The fraction of sp³-hybridized carbons (Fsp3) is 0.444. The third kappa shape index (κ3) is 3.01. The van der Waals surface area contributed by atoms with Crippen molar-refractivity contribution in [2.75, 3.05) is 5.33 Å². The van der Waals surface area contributed by atoms with Crippen LogP contribution in [0.5, 0.6) is 0 Å². The zero-order chi connectivity index (χ0) is 10.6. The molecule has 0 aliphatic heterocycles. The number of aliphatic hydroxyl groups excluding tert-OH is 2. The smallest absolute Gasteiger partial charge is 0.126 e. The third-order valence-corrected chi connectivity index (χ3v) is 2.27. The van der Waals surface area contributed by atoms with E-state index in [1.165, 1.54) is 12.3 Å². The van der Waals surface area contributed by atoms with Gasteiger partial charge in [-0.25, -0.2) is 4.39 Å². The van der Waals surface area contributed by atoms with Gasteiger partial charge in [-0.3, -0.25) is 4.98 Å². The second-order valence-electron chi connectivity index (χ2n) is 2.89. The minimum absolute atomic E-state index is 0.151. The van der Waals surface area contributed by atoms with E-state index in [9.17, 15) is 14.6 Å². The molecular weight excluding hydrogens is 253 g/mol. The van der Waals surface area contributed by atoms with Gasteiger partial charge in [0.15, 0.2) is 0 Å². The van der Waals surface area contributed by atoms with E-state index in [0.717, 1.165) is 6.07 Å². The highest BCUT2D eigenvalue weighted by Crippen LogP contribution is 2.17. The number of aliphatic hydroxyl groups is 2. The van der Waals surface area contributed by atoms with Gasteiger partial charge in [-0.1, -0.05) is 15.9 Å². The fourth-order valence-electron chi connectivity index (χ4n) is 1.05. The van der Waals surface area contributed by atoms with Crippen molar-refractivity contribution >= 4 is 15.9 Å². The van der Waals surface area contributed by atoms with E-state index in [-0.39, 0.29) is 5.69 Å². The second kappa shape index (κ2) is 5.38. The van der Waals surface area contributed by atoms with Crippen LogP contribution in [0, 0.1) is 5.82 Å². The number of aromatic nitrogens is 1. The zero-order valence-electron chi connectivity index (χ0n) is 7.40. The van der Waals surface area contributed by atoms with Crippen LogP contribution < -0.4 is 0 Å². The number of halogens is 2. The molecule has 0 saturated carbocycles. The van der Waals surface area contributed by atoms with Crippen LogP contribution >= 0.6 is 15.9 Å². The average Bonchev–Trinajstić information content (AvgIpc) is 2.17. The van der Waals surface area contributed by atoms with Gasteiger partial charge in [-0.15, -0.1) is 0 Å². The summed E-state index contributed by atoms with van der Waals surface area (Å²) in [5.74, 6) is -0.472. The van der Waals surface area contributed by atoms with Gasteiger partial charge in [0, 0.05) is 11.5 Å². The Kier molecular flexibility index (Phi) is 4.44. The number of alkyl halides is 1. The maximum atomic E-state index is 12.7. The largest absolute Gasteiger partial charge is 0.390 e. The molecule has 0 fully saturated rings. The molecule has 78 valence electrons. The molecule has 0 amide bonds. The summed E-state index contributed by atoms with van der Waals surface area (Å²) < 4.78 is 12.7. The SMILES string of the molecule is OC(CCBr)C(O)c1cc(F)ccn1. The lowest BCUT2D eigenvalue weighted by Crippen LogP contribution is -2.19. The van der Waals surface area contributed by atoms with E-state index in [0.29, 0.717) is 11.8 Å².